The van der Waals surface area contributed by atoms with Crippen LogP contribution in [0.5, 0.6) is 5.75 Å². The molecule has 1 fully saturated rings. The second kappa shape index (κ2) is 8.10. The number of hydrogen-bond donors (Lipinski definition) is 1. The van der Waals surface area contributed by atoms with E-state index in [1.165, 1.54) is 25.1 Å². The van der Waals surface area contributed by atoms with Gasteiger partial charge in [0.1, 0.15) is 17.0 Å². The van der Waals surface area contributed by atoms with E-state index in [0.717, 1.165) is 15.8 Å². The number of aromatic hydroxyl groups is 1. The fraction of sp³-hybridized carbons (Fsp3) is 0.444. The molecule has 2 aromatic rings. The molecule has 0 spiro atoms. The third kappa shape index (κ3) is 4.42. The first kappa shape index (κ1) is 21.2. The van der Waals surface area contributed by atoms with Gasteiger partial charge in [-0.25, -0.2) is 22.4 Å². The average Bonchev–Trinajstić information content (AvgIpc) is 3.08. The zero-order valence-corrected chi connectivity index (χ0v) is 16.0. The lowest BCUT2D eigenvalue weighted by Crippen LogP contribution is -2.48. The molecule has 1 atom stereocenters. The standard InChI is InChI=1S/C18H18ClF4N3O3/c1-2-29-17(28)12-7-24-26(15(12)16(20)21)11-6-18(22,23)9-25(8-11)13-5-10(19)3-4-14(13)27/h3-5,7,11,16,27H,2,6,8-9H2,1H3. The van der Waals surface area contributed by atoms with Crippen LogP contribution in [0, 0.1) is 0 Å². The van der Waals surface area contributed by atoms with Crippen molar-refractivity contribution >= 4 is 23.3 Å². The average molecular weight is 436 g/mol. The molecular weight excluding hydrogens is 418 g/mol. The van der Waals surface area contributed by atoms with Gasteiger partial charge in [-0.3, -0.25) is 4.68 Å². The molecular formula is C18H18ClF4N3O3. The molecule has 1 aromatic carbocycles. The Morgan fingerprint density at radius 2 is 2.17 bits per heavy atom. The molecule has 2 heterocycles. The topological polar surface area (TPSA) is 67.6 Å². The molecule has 0 saturated carbocycles. The summed E-state index contributed by atoms with van der Waals surface area (Å²) in [5, 5.41) is 14.1. The summed E-state index contributed by atoms with van der Waals surface area (Å²) in [7, 11) is 0. The van der Waals surface area contributed by atoms with Crippen LogP contribution < -0.4 is 4.90 Å². The number of alkyl halides is 4. The molecule has 0 radical (unpaired) electrons. The summed E-state index contributed by atoms with van der Waals surface area (Å²) in [6.45, 7) is 0.609. The lowest BCUT2D eigenvalue weighted by atomic mass is 10.0. The number of phenols is 1. The number of piperidine rings is 1. The molecule has 3 rings (SSSR count). The van der Waals surface area contributed by atoms with E-state index in [0.29, 0.717) is 0 Å². The Morgan fingerprint density at radius 3 is 2.83 bits per heavy atom. The van der Waals surface area contributed by atoms with Crippen LogP contribution in [-0.4, -0.2) is 46.5 Å². The molecule has 29 heavy (non-hydrogen) atoms. The minimum Gasteiger partial charge on any atom is -0.506 e. The molecule has 6 nitrogen and oxygen atoms in total. The van der Waals surface area contributed by atoms with E-state index in [1.54, 1.807) is 0 Å². The van der Waals surface area contributed by atoms with Gasteiger partial charge in [-0.2, -0.15) is 5.10 Å². The van der Waals surface area contributed by atoms with E-state index in [4.69, 9.17) is 16.3 Å². The quantitative estimate of drug-likeness (QED) is 0.555. The smallest absolute Gasteiger partial charge is 0.341 e. The van der Waals surface area contributed by atoms with Crippen LogP contribution in [0.25, 0.3) is 0 Å². The summed E-state index contributed by atoms with van der Waals surface area (Å²) in [6, 6.07) is 2.80. The van der Waals surface area contributed by atoms with Gasteiger partial charge in [0.15, 0.2) is 0 Å². The van der Waals surface area contributed by atoms with E-state index >= 15 is 0 Å². The van der Waals surface area contributed by atoms with Gasteiger partial charge >= 0.3 is 5.97 Å². The second-order valence-electron chi connectivity index (χ2n) is 6.64. The fourth-order valence-corrected chi connectivity index (χ4v) is 3.58. The zero-order chi connectivity index (χ0) is 21.3. The number of hydrogen-bond acceptors (Lipinski definition) is 5. The monoisotopic (exact) mass is 435 g/mol. The first-order valence-corrected chi connectivity index (χ1v) is 9.14. The van der Waals surface area contributed by atoms with Crippen LogP contribution in [0.4, 0.5) is 23.2 Å². The highest BCUT2D eigenvalue weighted by Crippen LogP contribution is 2.40. The van der Waals surface area contributed by atoms with Crippen molar-refractivity contribution in [2.24, 2.45) is 0 Å². The Bertz CT molecular complexity index is 906. The number of benzene rings is 1. The molecule has 0 aliphatic carbocycles. The molecule has 0 bridgehead atoms. The van der Waals surface area contributed by atoms with E-state index in [-0.39, 0.29) is 29.6 Å². The van der Waals surface area contributed by atoms with Crippen LogP contribution in [0.3, 0.4) is 0 Å². The molecule has 158 valence electrons. The lowest BCUT2D eigenvalue weighted by Gasteiger charge is -2.39. The molecule has 1 aliphatic rings. The Balaban J connectivity index is 2.00. The van der Waals surface area contributed by atoms with Gasteiger partial charge in [-0.15, -0.1) is 0 Å². The van der Waals surface area contributed by atoms with Crippen molar-refractivity contribution in [3.8, 4) is 5.75 Å². The predicted molar refractivity (Wildman–Crippen MR) is 97.1 cm³/mol. The van der Waals surface area contributed by atoms with Crippen LogP contribution in [-0.2, 0) is 4.74 Å². The van der Waals surface area contributed by atoms with Crippen molar-refractivity contribution in [2.45, 2.75) is 31.7 Å². The van der Waals surface area contributed by atoms with E-state index < -0.39 is 48.6 Å². The summed E-state index contributed by atoms with van der Waals surface area (Å²) in [6.07, 6.45) is -2.98. The SMILES string of the molecule is CCOC(=O)c1cnn(C2CN(c3cc(Cl)ccc3O)CC(F)(F)C2)c1C(F)F. The Kier molecular flexibility index (Phi) is 5.92. The van der Waals surface area contributed by atoms with Gasteiger partial charge in [0.05, 0.1) is 31.1 Å². The van der Waals surface area contributed by atoms with Crippen LogP contribution in [0.15, 0.2) is 24.4 Å². The summed E-state index contributed by atoms with van der Waals surface area (Å²) < 4.78 is 61.8. The number of ether oxygens (including phenoxy) is 1. The maximum atomic E-state index is 14.5. The summed E-state index contributed by atoms with van der Waals surface area (Å²) in [5.74, 6) is -4.53. The Labute approximate surface area is 168 Å². The number of rotatable bonds is 5. The van der Waals surface area contributed by atoms with Gasteiger partial charge in [0.2, 0.25) is 0 Å². The van der Waals surface area contributed by atoms with Crippen LogP contribution in [0.1, 0.15) is 41.9 Å². The van der Waals surface area contributed by atoms with Crippen molar-refractivity contribution in [1.82, 2.24) is 9.78 Å². The third-order valence-electron chi connectivity index (χ3n) is 4.55. The highest BCUT2D eigenvalue weighted by molar-refractivity contribution is 6.30. The normalized spacial score (nSPS) is 18.9. The maximum Gasteiger partial charge on any atom is 0.341 e. The van der Waals surface area contributed by atoms with E-state index in [2.05, 4.69) is 5.10 Å². The third-order valence-corrected chi connectivity index (χ3v) is 4.78. The molecule has 1 aliphatic heterocycles. The number of anilines is 1. The number of carbonyl (C=O) groups is 1. The number of carbonyl (C=O) groups excluding carboxylic acids is 1. The Morgan fingerprint density at radius 1 is 1.45 bits per heavy atom. The van der Waals surface area contributed by atoms with Gasteiger partial charge in [-0.05, 0) is 25.1 Å². The largest absolute Gasteiger partial charge is 0.506 e. The van der Waals surface area contributed by atoms with Gasteiger partial charge in [0.25, 0.3) is 12.3 Å². The number of phenolic OH excluding ortho intramolecular Hbond substituents is 1. The highest BCUT2D eigenvalue weighted by atomic mass is 35.5. The number of halogens is 5. The minimum absolute atomic E-state index is 0.0317. The maximum absolute atomic E-state index is 14.5. The number of esters is 1. The molecule has 1 unspecified atom stereocenters. The summed E-state index contributed by atoms with van der Waals surface area (Å²) >= 11 is 5.90. The number of nitrogens with zero attached hydrogens (tertiary/aromatic N) is 3. The van der Waals surface area contributed by atoms with Crippen molar-refractivity contribution < 1.29 is 32.2 Å². The molecule has 11 heteroatoms. The highest BCUT2D eigenvalue weighted by Gasteiger charge is 2.43. The Hall–Kier alpha value is -2.49. The lowest BCUT2D eigenvalue weighted by molar-refractivity contribution is -0.0299. The first-order valence-electron chi connectivity index (χ1n) is 8.77. The van der Waals surface area contributed by atoms with Crippen molar-refractivity contribution in [1.29, 1.82) is 0 Å². The van der Waals surface area contributed by atoms with Gasteiger partial charge < -0.3 is 14.7 Å². The molecule has 1 saturated heterocycles. The zero-order valence-electron chi connectivity index (χ0n) is 15.3. The number of aromatic nitrogens is 2. The van der Waals surface area contributed by atoms with E-state index in [1.807, 2.05) is 0 Å². The predicted octanol–water partition coefficient (Wildman–Crippen LogP) is 4.44. The summed E-state index contributed by atoms with van der Waals surface area (Å²) in [4.78, 5) is 13.1. The molecule has 1 aromatic heterocycles. The second-order valence-corrected chi connectivity index (χ2v) is 7.07. The van der Waals surface area contributed by atoms with Crippen molar-refractivity contribution in [2.75, 3.05) is 24.6 Å². The van der Waals surface area contributed by atoms with Crippen molar-refractivity contribution in [3.63, 3.8) is 0 Å². The minimum atomic E-state index is -3.26. The summed E-state index contributed by atoms with van der Waals surface area (Å²) in [5.41, 5.74) is -1.19. The van der Waals surface area contributed by atoms with Crippen LogP contribution in [0.2, 0.25) is 5.02 Å². The molecule has 0 amide bonds. The van der Waals surface area contributed by atoms with Gasteiger partial charge in [-0.1, -0.05) is 11.6 Å². The van der Waals surface area contributed by atoms with Gasteiger partial charge in [0, 0.05) is 18.0 Å². The van der Waals surface area contributed by atoms with E-state index in [9.17, 15) is 27.5 Å². The van der Waals surface area contributed by atoms with Crippen molar-refractivity contribution in [3.05, 3.63) is 40.7 Å². The molecule has 1 N–H and O–H groups in total. The van der Waals surface area contributed by atoms with Crippen LogP contribution >= 0.6 is 11.6 Å². The first-order chi connectivity index (χ1) is 13.6. The fourth-order valence-electron chi connectivity index (χ4n) is 3.42.